The first-order valence-corrected chi connectivity index (χ1v) is 12.9. The fraction of sp³-hybridized carbons (Fsp3) is 0.483. The predicted molar refractivity (Wildman–Crippen MR) is 154 cm³/mol. The third-order valence-electron chi connectivity index (χ3n) is 5.32. The molecule has 39 heavy (non-hydrogen) atoms. The average molecular weight is 566 g/mol. The quantitative estimate of drug-likeness (QED) is 0.270. The predicted octanol–water partition coefficient (Wildman–Crippen LogP) is 3.11. The zero-order valence-electron chi connectivity index (χ0n) is 23.2. The standard InChI is InChI=1S/C16H24N2O4.C13H19NO2.ClH/c1-11(2)8-14(18-15(20)13(17)9-19)16(21)22-10-12-6-4-3-5-7-12;1-10(2)8-12(14)13(15)16-9-11-6-4-3-5-7-11;/h3-7,11,13-14,19H,8-10,17H2,1-2H3,(H,18,20);3-7,10,12H,8-9,14H2,1-2H3;1H/t13-,14-;12-;/m00./s1. The second-order valence-electron chi connectivity index (χ2n) is 9.90. The number of nitrogens with one attached hydrogen (secondary N) is 1. The molecule has 1 amide bonds. The number of esters is 2. The van der Waals surface area contributed by atoms with E-state index in [1.54, 1.807) is 0 Å². The van der Waals surface area contributed by atoms with E-state index in [-0.39, 0.29) is 30.9 Å². The molecule has 0 radical (unpaired) electrons. The zero-order chi connectivity index (χ0) is 28.5. The summed E-state index contributed by atoms with van der Waals surface area (Å²) in [6, 6.07) is 16.6. The van der Waals surface area contributed by atoms with Gasteiger partial charge in [-0.3, -0.25) is 9.59 Å². The number of benzene rings is 2. The van der Waals surface area contributed by atoms with E-state index in [1.807, 2.05) is 88.4 Å². The molecule has 9 nitrogen and oxygen atoms in total. The van der Waals surface area contributed by atoms with Crippen molar-refractivity contribution in [3.63, 3.8) is 0 Å². The van der Waals surface area contributed by atoms with Crippen LogP contribution in [0.3, 0.4) is 0 Å². The molecule has 2 rings (SSSR count). The number of rotatable bonds is 13. The van der Waals surface area contributed by atoms with E-state index >= 15 is 0 Å². The molecule has 0 bridgehead atoms. The van der Waals surface area contributed by atoms with Crippen molar-refractivity contribution in [2.24, 2.45) is 23.3 Å². The Morgan fingerprint density at radius 2 is 1.18 bits per heavy atom. The van der Waals surface area contributed by atoms with Gasteiger partial charge in [-0.2, -0.15) is 0 Å². The van der Waals surface area contributed by atoms with Gasteiger partial charge in [0.2, 0.25) is 5.91 Å². The molecule has 218 valence electrons. The summed E-state index contributed by atoms with van der Waals surface area (Å²) in [7, 11) is 0. The van der Waals surface area contributed by atoms with Crippen molar-refractivity contribution in [2.45, 2.75) is 71.9 Å². The summed E-state index contributed by atoms with van der Waals surface area (Å²) >= 11 is 0. The van der Waals surface area contributed by atoms with E-state index in [9.17, 15) is 14.4 Å². The second-order valence-corrected chi connectivity index (χ2v) is 9.90. The average Bonchev–Trinajstić information content (AvgIpc) is 2.90. The van der Waals surface area contributed by atoms with E-state index < -0.39 is 36.6 Å². The van der Waals surface area contributed by atoms with Gasteiger partial charge in [0.15, 0.2) is 0 Å². The maximum Gasteiger partial charge on any atom is 0.328 e. The Morgan fingerprint density at radius 3 is 1.59 bits per heavy atom. The summed E-state index contributed by atoms with van der Waals surface area (Å²) in [5, 5.41) is 11.4. The number of hydrogen-bond donors (Lipinski definition) is 4. The van der Waals surface area contributed by atoms with Crippen LogP contribution in [0.15, 0.2) is 60.7 Å². The Bertz CT molecular complexity index is 960. The van der Waals surface area contributed by atoms with Crippen molar-refractivity contribution in [1.29, 1.82) is 0 Å². The van der Waals surface area contributed by atoms with E-state index in [0.717, 1.165) is 11.1 Å². The van der Waals surface area contributed by atoms with Crippen LogP contribution >= 0.6 is 12.4 Å². The summed E-state index contributed by atoms with van der Waals surface area (Å²) in [5.74, 6) is -0.794. The summed E-state index contributed by atoms with van der Waals surface area (Å²) in [6.45, 7) is 7.92. The molecule has 10 heteroatoms. The molecule has 2 aromatic rings. The first kappa shape index (κ1) is 36.0. The lowest BCUT2D eigenvalue weighted by Crippen LogP contribution is -2.50. The number of carbonyl (C=O) groups is 3. The van der Waals surface area contributed by atoms with Gasteiger partial charge >= 0.3 is 11.9 Å². The van der Waals surface area contributed by atoms with Crippen LogP contribution in [0.25, 0.3) is 0 Å². The molecule has 6 N–H and O–H groups in total. The second kappa shape index (κ2) is 20.0. The lowest BCUT2D eigenvalue weighted by Gasteiger charge is -2.20. The van der Waals surface area contributed by atoms with Crippen molar-refractivity contribution in [3.8, 4) is 0 Å². The summed E-state index contributed by atoms with van der Waals surface area (Å²) in [6.07, 6.45) is 1.10. The number of hydrogen-bond acceptors (Lipinski definition) is 8. The third kappa shape index (κ3) is 15.9. The summed E-state index contributed by atoms with van der Waals surface area (Å²) in [4.78, 5) is 35.4. The van der Waals surface area contributed by atoms with Crippen molar-refractivity contribution in [2.75, 3.05) is 6.61 Å². The maximum atomic E-state index is 12.2. The fourth-order valence-electron chi connectivity index (χ4n) is 3.32. The smallest absolute Gasteiger partial charge is 0.328 e. The molecule has 0 aliphatic heterocycles. The summed E-state index contributed by atoms with van der Waals surface area (Å²) < 4.78 is 10.4. The Balaban J connectivity index is 0.000000756. The molecule has 3 atom stereocenters. The monoisotopic (exact) mass is 565 g/mol. The molecule has 0 unspecified atom stereocenters. The van der Waals surface area contributed by atoms with Crippen LogP contribution in [0.5, 0.6) is 0 Å². The number of aliphatic hydroxyl groups is 1. The highest BCUT2D eigenvalue weighted by molar-refractivity contribution is 5.87. The Morgan fingerprint density at radius 1 is 0.744 bits per heavy atom. The van der Waals surface area contributed by atoms with Crippen LogP contribution in [-0.2, 0) is 37.1 Å². The molecule has 0 saturated carbocycles. The Hall–Kier alpha value is -2.98. The number of nitrogens with two attached hydrogens (primary N) is 2. The normalized spacial score (nSPS) is 12.7. The zero-order valence-corrected chi connectivity index (χ0v) is 24.1. The summed E-state index contributed by atoms with van der Waals surface area (Å²) in [5.41, 5.74) is 13.0. The lowest BCUT2D eigenvalue weighted by molar-refractivity contribution is -0.150. The third-order valence-corrected chi connectivity index (χ3v) is 5.32. The Kier molecular flexibility index (Phi) is 18.5. The number of ether oxygens (including phenoxy) is 2. The van der Waals surface area contributed by atoms with Crippen LogP contribution in [-0.4, -0.2) is 47.7 Å². The first-order chi connectivity index (χ1) is 18.0. The molecule has 0 aromatic heterocycles. The van der Waals surface area contributed by atoms with Crippen LogP contribution in [0.2, 0.25) is 0 Å². The largest absolute Gasteiger partial charge is 0.460 e. The molecule has 0 saturated heterocycles. The van der Waals surface area contributed by atoms with Crippen LogP contribution in [0, 0.1) is 11.8 Å². The van der Waals surface area contributed by atoms with Gasteiger partial charge in [0.05, 0.1) is 6.61 Å². The van der Waals surface area contributed by atoms with Crippen molar-refractivity contribution < 1.29 is 29.0 Å². The minimum atomic E-state index is -1.04. The molecule has 0 spiro atoms. The molecule has 0 heterocycles. The minimum Gasteiger partial charge on any atom is -0.460 e. The molecule has 0 aliphatic carbocycles. The van der Waals surface area contributed by atoms with Crippen molar-refractivity contribution in [1.82, 2.24) is 5.32 Å². The number of aliphatic hydroxyl groups excluding tert-OH is 1. The van der Waals surface area contributed by atoms with E-state index in [4.69, 9.17) is 26.0 Å². The SMILES string of the molecule is CC(C)C[C@H](N)C(=O)OCc1ccccc1.CC(C)C[C@H](NC(=O)[C@@H](N)CO)C(=O)OCc1ccccc1.Cl. The number of amides is 1. The van der Waals surface area contributed by atoms with Gasteiger partial charge in [-0.25, -0.2) is 4.79 Å². The first-order valence-electron chi connectivity index (χ1n) is 12.9. The highest BCUT2D eigenvalue weighted by atomic mass is 35.5. The van der Waals surface area contributed by atoms with Crippen molar-refractivity contribution >= 4 is 30.3 Å². The van der Waals surface area contributed by atoms with Crippen LogP contribution in [0.1, 0.15) is 51.7 Å². The molecule has 2 aromatic carbocycles. The molecular weight excluding hydrogens is 522 g/mol. The lowest BCUT2D eigenvalue weighted by atomic mass is 10.0. The van der Waals surface area contributed by atoms with Gasteiger partial charge in [-0.1, -0.05) is 88.4 Å². The topological polar surface area (TPSA) is 154 Å². The van der Waals surface area contributed by atoms with Gasteiger partial charge in [-0.15, -0.1) is 12.4 Å². The van der Waals surface area contributed by atoms with Crippen LogP contribution in [0.4, 0.5) is 0 Å². The van der Waals surface area contributed by atoms with Gasteiger partial charge < -0.3 is 31.4 Å². The number of halogens is 1. The van der Waals surface area contributed by atoms with Gasteiger partial charge in [0.1, 0.15) is 31.3 Å². The minimum absolute atomic E-state index is 0. The maximum absolute atomic E-state index is 12.2. The molecule has 0 aliphatic rings. The molecular formula is C29H44ClN3O6. The Labute approximate surface area is 238 Å². The highest BCUT2D eigenvalue weighted by Gasteiger charge is 2.25. The van der Waals surface area contributed by atoms with E-state index in [2.05, 4.69) is 5.32 Å². The highest BCUT2D eigenvalue weighted by Crippen LogP contribution is 2.09. The van der Waals surface area contributed by atoms with Crippen LogP contribution < -0.4 is 16.8 Å². The number of carbonyl (C=O) groups excluding carboxylic acids is 3. The van der Waals surface area contributed by atoms with Gasteiger partial charge in [0.25, 0.3) is 0 Å². The van der Waals surface area contributed by atoms with E-state index in [1.165, 1.54) is 0 Å². The van der Waals surface area contributed by atoms with Gasteiger partial charge in [-0.05, 0) is 35.8 Å². The van der Waals surface area contributed by atoms with Gasteiger partial charge in [0, 0.05) is 0 Å². The fourth-order valence-corrected chi connectivity index (χ4v) is 3.32. The van der Waals surface area contributed by atoms with E-state index in [0.29, 0.717) is 25.4 Å². The van der Waals surface area contributed by atoms with Crippen molar-refractivity contribution in [3.05, 3.63) is 71.8 Å². The molecule has 0 fully saturated rings.